The number of hydrogen-bond acceptors (Lipinski definition) is 4. The van der Waals surface area contributed by atoms with E-state index in [1.807, 2.05) is 31.2 Å². The molecule has 25 heavy (non-hydrogen) atoms. The predicted molar refractivity (Wildman–Crippen MR) is 101 cm³/mol. The number of nitrogens with one attached hydrogen (secondary N) is 2. The van der Waals surface area contributed by atoms with Gasteiger partial charge in [-0.05, 0) is 31.2 Å². The van der Waals surface area contributed by atoms with Crippen LogP contribution in [0.1, 0.15) is 15.9 Å². The van der Waals surface area contributed by atoms with E-state index in [9.17, 15) is 4.79 Å². The van der Waals surface area contributed by atoms with Gasteiger partial charge in [-0.15, -0.1) is 0 Å². The number of amides is 1. The van der Waals surface area contributed by atoms with E-state index < -0.39 is 5.91 Å². The molecular formula is C18H14Cl2N4O. The molecule has 3 rings (SSSR count). The lowest BCUT2D eigenvalue weighted by Gasteiger charge is -2.13. The van der Waals surface area contributed by atoms with Crippen molar-refractivity contribution in [1.82, 2.24) is 9.97 Å². The van der Waals surface area contributed by atoms with Gasteiger partial charge in [0, 0.05) is 5.69 Å². The summed E-state index contributed by atoms with van der Waals surface area (Å²) in [4.78, 5) is 20.6. The number of carbonyl (C=O) groups is 1. The maximum absolute atomic E-state index is 12.5. The number of halogens is 2. The first-order valence-electron chi connectivity index (χ1n) is 7.44. The summed E-state index contributed by atoms with van der Waals surface area (Å²) < 4.78 is 0. The fraction of sp³-hybridized carbons (Fsp3) is 0.0556. The topological polar surface area (TPSA) is 66.9 Å². The van der Waals surface area contributed by atoms with Crippen LogP contribution in [0.4, 0.5) is 17.2 Å². The molecule has 0 aliphatic rings. The molecule has 5 nitrogen and oxygen atoms in total. The van der Waals surface area contributed by atoms with Crippen LogP contribution in [0.15, 0.2) is 54.9 Å². The average molecular weight is 373 g/mol. The van der Waals surface area contributed by atoms with Crippen LogP contribution in [0.25, 0.3) is 0 Å². The molecule has 1 aromatic heterocycles. The Bertz CT molecular complexity index is 913. The molecule has 0 aliphatic carbocycles. The second-order valence-electron chi connectivity index (χ2n) is 5.31. The standard InChI is InChI=1S/C18H14Cl2N4O/c1-11-6-8-12(9-7-11)23-17-15(16(20)21-10-22-17)24-18(25)13-4-2-3-5-14(13)19/h2-10H,1H3,(H,24,25)(H,21,22,23). The fourth-order valence-corrected chi connectivity index (χ4v) is 2.57. The predicted octanol–water partition coefficient (Wildman–Crippen LogP) is 5.09. The van der Waals surface area contributed by atoms with E-state index in [2.05, 4.69) is 20.6 Å². The number of rotatable bonds is 4. The molecule has 2 aromatic carbocycles. The molecule has 7 heteroatoms. The van der Waals surface area contributed by atoms with Crippen molar-refractivity contribution in [2.75, 3.05) is 10.6 Å². The maximum Gasteiger partial charge on any atom is 0.257 e. The summed E-state index contributed by atoms with van der Waals surface area (Å²) in [5.41, 5.74) is 2.58. The Morgan fingerprint density at radius 3 is 2.44 bits per heavy atom. The third kappa shape index (κ3) is 4.07. The van der Waals surface area contributed by atoms with Gasteiger partial charge >= 0.3 is 0 Å². The van der Waals surface area contributed by atoms with Gasteiger partial charge < -0.3 is 10.6 Å². The van der Waals surface area contributed by atoms with Gasteiger partial charge in [-0.2, -0.15) is 0 Å². The Morgan fingerprint density at radius 1 is 1.00 bits per heavy atom. The minimum atomic E-state index is -0.394. The van der Waals surface area contributed by atoms with Crippen molar-refractivity contribution >= 4 is 46.3 Å². The second kappa shape index (κ2) is 7.51. The lowest BCUT2D eigenvalue weighted by molar-refractivity contribution is 0.102. The van der Waals surface area contributed by atoms with Gasteiger partial charge in [0.2, 0.25) is 0 Å². The van der Waals surface area contributed by atoms with Crippen LogP contribution in [-0.2, 0) is 0 Å². The van der Waals surface area contributed by atoms with Gasteiger partial charge in [0.1, 0.15) is 12.0 Å². The largest absolute Gasteiger partial charge is 0.338 e. The Hall–Kier alpha value is -2.63. The summed E-state index contributed by atoms with van der Waals surface area (Å²) >= 11 is 12.2. The first-order chi connectivity index (χ1) is 12.0. The molecule has 0 unspecified atom stereocenters. The van der Waals surface area contributed by atoms with Crippen molar-refractivity contribution in [1.29, 1.82) is 0 Å². The zero-order chi connectivity index (χ0) is 17.8. The summed E-state index contributed by atoms with van der Waals surface area (Å²) in [5, 5.41) is 6.33. The van der Waals surface area contributed by atoms with Crippen LogP contribution in [0.5, 0.6) is 0 Å². The number of hydrogen-bond donors (Lipinski definition) is 2. The molecule has 0 atom stereocenters. The summed E-state index contributed by atoms with van der Waals surface area (Å²) in [7, 11) is 0. The molecular weight excluding hydrogens is 359 g/mol. The number of benzene rings is 2. The molecule has 0 fully saturated rings. The smallest absolute Gasteiger partial charge is 0.257 e. The quantitative estimate of drug-likeness (QED) is 0.626. The third-order valence-electron chi connectivity index (χ3n) is 3.47. The average Bonchev–Trinajstić information content (AvgIpc) is 2.60. The Labute approximate surface area is 155 Å². The Kier molecular flexibility index (Phi) is 5.16. The monoisotopic (exact) mass is 372 g/mol. The molecule has 0 saturated heterocycles. The van der Waals surface area contributed by atoms with E-state index in [0.29, 0.717) is 16.4 Å². The lowest BCUT2D eigenvalue weighted by atomic mass is 10.2. The second-order valence-corrected chi connectivity index (χ2v) is 6.08. The van der Waals surface area contributed by atoms with Crippen molar-refractivity contribution < 1.29 is 4.79 Å². The Morgan fingerprint density at radius 2 is 1.72 bits per heavy atom. The van der Waals surface area contributed by atoms with Crippen molar-refractivity contribution in [2.24, 2.45) is 0 Å². The van der Waals surface area contributed by atoms with Gasteiger partial charge in [-0.1, -0.05) is 53.0 Å². The summed E-state index contributed by atoms with van der Waals surface area (Å²) in [6.07, 6.45) is 1.32. The number of carbonyl (C=O) groups excluding carboxylic acids is 1. The zero-order valence-corrected chi connectivity index (χ0v) is 14.8. The normalized spacial score (nSPS) is 10.4. The molecule has 0 aliphatic heterocycles. The highest BCUT2D eigenvalue weighted by atomic mass is 35.5. The minimum absolute atomic E-state index is 0.130. The molecule has 1 heterocycles. The van der Waals surface area contributed by atoms with Crippen LogP contribution in [-0.4, -0.2) is 15.9 Å². The molecule has 3 aromatic rings. The van der Waals surface area contributed by atoms with Crippen molar-refractivity contribution in [3.63, 3.8) is 0 Å². The van der Waals surface area contributed by atoms with Gasteiger partial charge in [0.05, 0.1) is 10.6 Å². The van der Waals surface area contributed by atoms with E-state index in [1.165, 1.54) is 6.33 Å². The van der Waals surface area contributed by atoms with E-state index in [-0.39, 0.29) is 10.8 Å². The highest BCUT2D eigenvalue weighted by Gasteiger charge is 2.16. The van der Waals surface area contributed by atoms with Crippen molar-refractivity contribution in [2.45, 2.75) is 6.92 Å². The molecule has 2 N–H and O–H groups in total. The highest BCUT2D eigenvalue weighted by Crippen LogP contribution is 2.30. The zero-order valence-electron chi connectivity index (χ0n) is 13.3. The Balaban J connectivity index is 1.89. The van der Waals surface area contributed by atoms with E-state index in [1.54, 1.807) is 24.3 Å². The van der Waals surface area contributed by atoms with Crippen LogP contribution >= 0.6 is 23.2 Å². The first-order valence-corrected chi connectivity index (χ1v) is 8.20. The van der Waals surface area contributed by atoms with Crippen LogP contribution in [0.3, 0.4) is 0 Å². The number of aromatic nitrogens is 2. The number of anilines is 3. The van der Waals surface area contributed by atoms with Crippen LogP contribution in [0.2, 0.25) is 10.2 Å². The van der Waals surface area contributed by atoms with Crippen molar-refractivity contribution in [3.05, 3.63) is 76.2 Å². The van der Waals surface area contributed by atoms with Gasteiger partial charge in [-0.3, -0.25) is 4.79 Å². The van der Waals surface area contributed by atoms with Crippen LogP contribution < -0.4 is 10.6 Å². The molecule has 1 amide bonds. The number of aryl methyl sites for hydroxylation is 1. The summed E-state index contributed by atoms with van der Waals surface area (Å²) in [6.45, 7) is 2.00. The van der Waals surface area contributed by atoms with Gasteiger partial charge in [0.15, 0.2) is 11.0 Å². The van der Waals surface area contributed by atoms with Crippen LogP contribution in [0, 0.1) is 6.92 Å². The summed E-state index contributed by atoms with van der Waals surface area (Å²) in [5.74, 6) is -0.00138. The lowest BCUT2D eigenvalue weighted by Crippen LogP contribution is -2.15. The first kappa shape index (κ1) is 17.2. The van der Waals surface area contributed by atoms with Crippen molar-refractivity contribution in [3.8, 4) is 0 Å². The maximum atomic E-state index is 12.5. The molecule has 0 spiro atoms. The molecule has 0 radical (unpaired) electrons. The SMILES string of the molecule is Cc1ccc(Nc2ncnc(Cl)c2NC(=O)c2ccccc2Cl)cc1. The molecule has 0 saturated carbocycles. The fourth-order valence-electron chi connectivity index (χ4n) is 2.17. The molecule has 126 valence electrons. The highest BCUT2D eigenvalue weighted by molar-refractivity contribution is 6.35. The molecule has 0 bridgehead atoms. The van der Waals surface area contributed by atoms with E-state index in [4.69, 9.17) is 23.2 Å². The van der Waals surface area contributed by atoms with E-state index in [0.717, 1.165) is 11.3 Å². The third-order valence-corrected chi connectivity index (χ3v) is 4.09. The number of nitrogens with zero attached hydrogens (tertiary/aromatic N) is 2. The summed E-state index contributed by atoms with van der Waals surface area (Å²) in [6, 6.07) is 14.5. The minimum Gasteiger partial charge on any atom is -0.338 e. The van der Waals surface area contributed by atoms with E-state index >= 15 is 0 Å². The van der Waals surface area contributed by atoms with Gasteiger partial charge in [0.25, 0.3) is 5.91 Å². The van der Waals surface area contributed by atoms with Gasteiger partial charge in [-0.25, -0.2) is 9.97 Å².